The van der Waals surface area contributed by atoms with E-state index in [2.05, 4.69) is 5.32 Å². The first kappa shape index (κ1) is 18.1. The van der Waals surface area contributed by atoms with E-state index < -0.39 is 4.92 Å². The van der Waals surface area contributed by atoms with Gasteiger partial charge in [0.1, 0.15) is 5.75 Å². The second kappa shape index (κ2) is 7.70. The average molecular weight is 362 g/mol. The highest BCUT2D eigenvalue weighted by Gasteiger charge is 2.12. The Labute approximate surface area is 156 Å². The van der Waals surface area contributed by atoms with Gasteiger partial charge in [0.2, 0.25) is 0 Å². The smallest absolute Gasteiger partial charge is 0.271 e. The molecule has 0 saturated heterocycles. The molecular weight excluding hydrogens is 344 g/mol. The van der Waals surface area contributed by atoms with Gasteiger partial charge in [0.15, 0.2) is 0 Å². The summed E-state index contributed by atoms with van der Waals surface area (Å²) in [4.78, 5) is 22.9. The van der Waals surface area contributed by atoms with Gasteiger partial charge in [-0.25, -0.2) is 0 Å². The third-order valence-electron chi connectivity index (χ3n) is 4.25. The molecule has 3 aromatic carbocycles. The van der Waals surface area contributed by atoms with Crippen molar-refractivity contribution < 1.29 is 14.5 Å². The standard InChI is InChI=1S/C21H18N2O4/c1-14-3-10-18(23(25)26)13-20(14)22-21(24)17-6-4-15(5-7-17)16-8-11-19(27-2)12-9-16/h3-13H,1-2H3,(H,22,24). The summed E-state index contributed by atoms with van der Waals surface area (Å²) in [6, 6.07) is 19.2. The number of nitrogens with one attached hydrogen (secondary N) is 1. The number of amides is 1. The first-order valence-corrected chi connectivity index (χ1v) is 8.29. The minimum atomic E-state index is -0.487. The number of nitro benzene ring substituents is 1. The Morgan fingerprint density at radius 2 is 1.56 bits per heavy atom. The maximum atomic E-state index is 12.5. The van der Waals surface area contributed by atoms with E-state index in [1.807, 2.05) is 36.4 Å². The van der Waals surface area contributed by atoms with E-state index in [-0.39, 0.29) is 11.6 Å². The third-order valence-corrected chi connectivity index (χ3v) is 4.25. The number of rotatable bonds is 5. The maximum Gasteiger partial charge on any atom is 0.271 e. The van der Waals surface area contributed by atoms with Crippen molar-refractivity contribution in [3.8, 4) is 16.9 Å². The molecule has 0 aliphatic carbocycles. The average Bonchev–Trinajstić information content (AvgIpc) is 2.69. The molecule has 0 unspecified atom stereocenters. The monoisotopic (exact) mass is 362 g/mol. The van der Waals surface area contributed by atoms with Crippen LogP contribution in [-0.4, -0.2) is 17.9 Å². The van der Waals surface area contributed by atoms with E-state index in [0.717, 1.165) is 22.4 Å². The van der Waals surface area contributed by atoms with Crippen molar-refractivity contribution in [1.29, 1.82) is 0 Å². The van der Waals surface area contributed by atoms with Crippen molar-refractivity contribution in [2.75, 3.05) is 12.4 Å². The minimum Gasteiger partial charge on any atom is -0.497 e. The molecule has 6 heteroatoms. The molecule has 27 heavy (non-hydrogen) atoms. The summed E-state index contributed by atoms with van der Waals surface area (Å²) >= 11 is 0. The van der Waals surface area contributed by atoms with Crippen LogP contribution >= 0.6 is 0 Å². The highest BCUT2D eigenvalue weighted by molar-refractivity contribution is 6.05. The molecule has 0 aliphatic rings. The number of carbonyl (C=O) groups is 1. The topological polar surface area (TPSA) is 81.5 Å². The van der Waals surface area contributed by atoms with Crippen molar-refractivity contribution in [2.45, 2.75) is 6.92 Å². The predicted molar refractivity (Wildman–Crippen MR) is 104 cm³/mol. The molecule has 0 aliphatic heterocycles. The van der Waals surface area contributed by atoms with Gasteiger partial charge in [-0.3, -0.25) is 14.9 Å². The van der Waals surface area contributed by atoms with Crippen LogP contribution in [0.25, 0.3) is 11.1 Å². The molecule has 0 fully saturated rings. The molecule has 0 radical (unpaired) electrons. The minimum absolute atomic E-state index is 0.0641. The molecule has 6 nitrogen and oxygen atoms in total. The number of carbonyl (C=O) groups excluding carboxylic acids is 1. The van der Waals surface area contributed by atoms with Gasteiger partial charge in [-0.2, -0.15) is 0 Å². The molecule has 0 spiro atoms. The predicted octanol–water partition coefficient (Wildman–Crippen LogP) is 4.83. The summed E-state index contributed by atoms with van der Waals surface area (Å²) in [5.41, 5.74) is 3.57. The van der Waals surface area contributed by atoms with Crippen molar-refractivity contribution in [1.82, 2.24) is 0 Å². The van der Waals surface area contributed by atoms with Gasteiger partial charge in [-0.15, -0.1) is 0 Å². The van der Waals surface area contributed by atoms with Gasteiger partial charge >= 0.3 is 0 Å². The molecule has 3 rings (SSSR count). The Morgan fingerprint density at radius 3 is 2.11 bits per heavy atom. The molecule has 3 aromatic rings. The summed E-state index contributed by atoms with van der Waals surface area (Å²) < 4.78 is 5.15. The summed E-state index contributed by atoms with van der Waals surface area (Å²) in [5.74, 6) is 0.460. The van der Waals surface area contributed by atoms with Gasteiger partial charge in [-0.05, 0) is 47.9 Å². The largest absolute Gasteiger partial charge is 0.497 e. The Morgan fingerprint density at radius 1 is 0.963 bits per heavy atom. The van der Waals surface area contributed by atoms with Crippen LogP contribution in [0.1, 0.15) is 15.9 Å². The quantitative estimate of drug-likeness (QED) is 0.520. The molecule has 0 bridgehead atoms. The van der Waals surface area contributed by atoms with Crippen LogP contribution < -0.4 is 10.1 Å². The van der Waals surface area contributed by atoms with Crippen LogP contribution in [0.2, 0.25) is 0 Å². The maximum absolute atomic E-state index is 12.5. The fraction of sp³-hybridized carbons (Fsp3) is 0.0952. The Bertz CT molecular complexity index is 980. The number of aryl methyl sites for hydroxylation is 1. The summed E-state index contributed by atoms with van der Waals surface area (Å²) in [7, 11) is 1.62. The molecular formula is C21H18N2O4. The van der Waals surface area contributed by atoms with Gasteiger partial charge in [0.25, 0.3) is 11.6 Å². The zero-order chi connectivity index (χ0) is 19.4. The van der Waals surface area contributed by atoms with Crippen LogP contribution in [0.3, 0.4) is 0 Å². The zero-order valence-corrected chi connectivity index (χ0v) is 14.9. The summed E-state index contributed by atoms with van der Waals surface area (Å²) in [6.45, 7) is 1.78. The number of nitro groups is 1. The zero-order valence-electron chi connectivity index (χ0n) is 14.9. The Balaban J connectivity index is 1.78. The third kappa shape index (κ3) is 4.12. The van der Waals surface area contributed by atoms with Crippen LogP contribution in [0.15, 0.2) is 66.7 Å². The Hall–Kier alpha value is -3.67. The van der Waals surface area contributed by atoms with Crippen LogP contribution in [0, 0.1) is 17.0 Å². The van der Waals surface area contributed by atoms with Crippen molar-refractivity contribution in [2.24, 2.45) is 0 Å². The van der Waals surface area contributed by atoms with Gasteiger partial charge in [0, 0.05) is 17.7 Å². The normalized spacial score (nSPS) is 10.3. The van der Waals surface area contributed by atoms with E-state index in [1.54, 1.807) is 32.2 Å². The van der Waals surface area contributed by atoms with E-state index in [9.17, 15) is 14.9 Å². The molecule has 1 amide bonds. The highest BCUT2D eigenvalue weighted by Crippen LogP contribution is 2.24. The summed E-state index contributed by atoms with van der Waals surface area (Å²) in [6.07, 6.45) is 0. The van der Waals surface area contributed by atoms with Crippen molar-refractivity contribution in [3.63, 3.8) is 0 Å². The fourth-order valence-electron chi connectivity index (χ4n) is 2.65. The lowest BCUT2D eigenvalue weighted by atomic mass is 10.0. The number of anilines is 1. The number of hydrogen-bond acceptors (Lipinski definition) is 4. The number of hydrogen-bond donors (Lipinski definition) is 1. The highest BCUT2D eigenvalue weighted by atomic mass is 16.6. The van der Waals surface area contributed by atoms with E-state index in [1.165, 1.54) is 12.1 Å². The summed E-state index contributed by atoms with van der Waals surface area (Å²) in [5, 5.41) is 13.7. The lowest BCUT2D eigenvalue weighted by Crippen LogP contribution is -2.12. The van der Waals surface area contributed by atoms with E-state index >= 15 is 0 Å². The van der Waals surface area contributed by atoms with Crippen LogP contribution in [0.5, 0.6) is 5.75 Å². The molecule has 1 N–H and O–H groups in total. The van der Waals surface area contributed by atoms with Crippen molar-refractivity contribution >= 4 is 17.3 Å². The number of non-ortho nitro benzene ring substituents is 1. The van der Waals surface area contributed by atoms with Gasteiger partial charge < -0.3 is 10.1 Å². The fourth-order valence-corrected chi connectivity index (χ4v) is 2.65. The van der Waals surface area contributed by atoms with Gasteiger partial charge in [0.05, 0.1) is 17.7 Å². The van der Waals surface area contributed by atoms with Crippen LogP contribution in [0.4, 0.5) is 11.4 Å². The molecule has 0 aromatic heterocycles. The van der Waals surface area contributed by atoms with Crippen molar-refractivity contribution in [3.05, 3.63) is 88.0 Å². The van der Waals surface area contributed by atoms with Gasteiger partial charge in [-0.1, -0.05) is 30.3 Å². The molecule has 136 valence electrons. The molecule has 0 atom stereocenters. The molecule has 0 saturated carbocycles. The SMILES string of the molecule is COc1ccc(-c2ccc(C(=O)Nc3cc([N+](=O)[O-])ccc3C)cc2)cc1. The second-order valence-corrected chi connectivity index (χ2v) is 6.02. The van der Waals surface area contributed by atoms with E-state index in [0.29, 0.717) is 11.3 Å². The first-order chi connectivity index (χ1) is 13.0. The second-order valence-electron chi connectivity index (χ2n) is 6.02. The first-order valence-electron chi connectivity index (χ1n) is 8.29. The number of ether oxygens (including phenoxy) is 1. The number of methoxy groups -OCH3 is 1. The van der Waals surface area contributed by atoms with E-state index in [4.69, 9.17) is 4.74 Å². The number of benzene rings is 3. The lowest BCUT2D eigenvalue weighted by molar-refractivity contribution is -0.384. The molecule has 0 heterocycles. The number of nitrogens with zero attached hydrogens (tertiary/aromatic N) is 1. The lowest BCUT2D eigenvalue weighted by Gasteiger charge is -2.09. The Kier molecular flexibility index (Phi) is 5.17. The van der Waals surface area contributed by atoms with Crippen LogP contribution in [-0.2, 0) is 0 Å².